The molecule has 1 fully saturated rings. The first kappa shape index (κ1) is 14.8. The summed E-state index contributed by atoms with van der Waals surface area (Å²) in [6.07, 6.45) is 3.53. The van der Waals surface area contributed by atoms with Gasteiger partial charge in [-0.25, -0.2) is 0 Å². The van der Waals surface area contributed by atoms with Crippen molar-refractivity contribution in [2.24, 2.45) is 0 Å². The number of hydrogen-bond donors (Lipinski definition) is 1. The molecule has 0 amide bonds. The fourth-order valence-electron chi connectivity index (χ4n) is 2.89. The van der Waals surface area contributed by atoms with Crippen LogP contribution in [0.25, 0.3) is 0 Å². The van der Waals surface area contributed by atoms with Gasteiger partial charge in [0.25, 0.3) is 0 Å². The Labute approximate surface area is 122 Å². The van der Waals surface area contributed by atoms with Crippen molar-refractivity contribution in [2.75, 3.05) is 26.2 Å². The summed E-state index contributed by atoms with van der Waals surface area (Å²) in [6.45, 7) is 9.18. The maximum Gasteiger partial charge on any atom is 0.0406 e. The molecule has 106 valence electrons. The van der Waals surface area contributed by atoms with E-state index in [1.54, 1.807) is 0 Å². The Morgan fingerprint density at radius 3 is 2.53 bits per heavy atom. The van der Waals surface area contributed by atoms with Crippen LogP contribution in [-0.4, -0.2) is 36.6 Å². The molecule has 0 unspecified atom stereocenters. The van der Waals surface area contributed by atoms with E-state index in [9.17, 15) is 0 Å². The zero-order valence-electron chi connectivity index (χ0n) is 12.1. The van der Waals surface area contributed by atoms with Crippen LogP contribution in [0.1, 0.15) is 32.3 Å². The largest absolute Gasteiger partial charge is 0.309 e. The molecule has 1 aromatic carbocycles. The average Bonchev–Trinajstić information content (AvgIpc) is 2.47. The van der Waals surface area contributed by atoms with E-state index < -0.39 is 0 Å². The van der Waals surface area contributed by atoms with Crippen LogP contribution in [0.4, 0.5) is 0 Å². The third kappa shape index (κ3) is 3.95. The van der Waals surface area contributed by atoms with Gasteiger partial charge >= 0.3 is 0 Å². The summed E-state index contributed by atoms with van der Waals surface area (Å²) in [5.74, 6) is 0. The second kappa shape index (κ2) is 6.74. The van der Waals surface area contributed by atoms with Crippen molar-refractivity contribution >= 4 is 11.6 Å². The minimum absolute atomic E-state index is 0.332. The topological polar surface area (TPSA) is 15.3 Å². The molecule has 1 heterocycles. The summed E-state index contributed by atoms with van der Waals surface area (Å²) in [7, 11) is 0. The SMILES string of the molecule is CCC1(CC)CN(CCc2ccc(Cl)cc2)CCN1. The van der Waals surface area contributed by atoms with Crippen molar-refractivity contribution in [3.63, 3.8) is 0 Å². The summed E-state index contributed by atoms with van der Waals surface area (Å²) in [4.78, 5) is 2.60. The van der Waals surface area contributed by atoms with Gasteiger partial charge < -0.3 is 5.32 Å². The highest BCUT2D eigenvalue weighted by Gasteiger charge is 2.31. The molecule has 1 N–H and O–H groups in total. The standard InChI is InChI=1S/C16H25ClN2/c1-3-16(4-2)13-19(12-10-18-16)11-9-14-5-7-15(17)8-6-14/h5-8,18H,3-4,9-13H2,1-2H3. The highest BCUT2D eigenvalue weighted by Crippen LogP contribution is 2.20. The predicted molar refractivity (Wildman–Crippen MR) is 82.9 cm³/mol. The van der Waals surface area contributed by atoms with Crippen molar-refractivity contribution in [1.29, 1.82) is 0 Å². The van der Waals surface area contributed by atoms with E-state index in [4.69, 9.17) is 11.6 Å². The fourth-order valence-corrected chi connectivity index (χ4v) is 3.02. The molecule has 0 atom stereocenters. The van der Waals surface area contributed by atoms with E-state index in [-0.39, 0.29) is 0 Å². The lowest BCUT2D eigenvalue weighted by Crippen LogP contribution is -2.60. The molecular formula is C16H25ClN2. The predicted octanol–water partition coefficient (Wildman–Crippen LogP) is 3.35. The normalized spacial score (nSPS) is 19.5. The van der Waals surface area contributed by atoms with Gasteiger partial charge in [0.15, 0.2) is 0 Å². The van der Waals surface area contributed by atoms with E-state index in [0.29, 0.717) is 5.54 Å². The molecular weight excluding hydrogens is 256 g/mol. The van der Waals surface area contributed by atoms with Crippen LogP contribution in [0.5, 0.6) is 0 Å². The van der Waals surface area contributed by atoms with Gasteiger partial charge in [0.2, 0.25) is 0 Å². The number of hydrogen-bond acceptors (Lipinski definition) is 2. The highest BCUT2D eigenvalue weighted by atomic mass is 35.5. The van der Waals surface area contributed by atoms with Gasteiger partial charge in [-0.1, -0.05) is 37.6 Å². The lowest BCUT2D eigenvalue weighted by molar-refractivity contribution is 0.125. The smallest absolute Gasteiger partial charge is 0.0406 e. The molecule has 2 nitrogen and oxygen atoms in total. The number of halogens is 1. The minimum Gasteiger partial charge on any atom is -0.309 e. The molecule has 19 heavy (non-hydrogen) atoms. The van der Waals surface area contributed by atoms with Crippen LogP contribution in [0, 0.1) is 0 Å². The van der Waals surface area contributed by atoms with Crippen molar-refractivity contribution in [3.8, 4) is 0 Å². The second-order valence-electron chi connectivity index (χ2n) is 5.57. The summed E-state index contributed by atoms with van der Waals surface area (Å²) < 4.78 is 0. The van der Waals surface area contributed by atoms with Crippen molar-refractivity contribution in [2.45, 2.75) is 38.6 Å². The van der Waals surface area contributed by atoms with Crippen LogP contribution in [-0.2, 0) is 6.42 Å². The molecule has 0 radical (unpaired) electrons. The van der Waals surface area contributed by atoms with Crippen LogP contribution in [0.2, 0.25) is 5.02 Å². The Morgan fingerprint density at radius 2 is 1.89 bits per heavy atom. The first-order valence-electron chi connectivity index (χ1n) is 7.39. The Balaban J connectivity index is 1.87. The molecule has 2 rings (SSSR count). The van der Waals surface area contributed by atoms with E-state index in [0.717, 1.165) is 31.1 Å². The zero-order chi connectivity index (χ0) is 13.7. The number of rotatable bonds is 5. The third-order valence-electron chi connectivity index (χ3n) is 4.44. The van der Waals surface area contributed by atoms with Crippen molar-refractivity contribution in [3.05, 3.63) is 34.9 Å². The molecule has 1 aromatic rings. The monoisotopic (exact) mass is 280 g/mol. The highest BCUT2D eigenvalue weighted by molar-refractivity contribution is 6.30. The van der Waals surface area contributed by atoms with Gasteiger partial charge in [-0.15, -0.1) is 0 Å². The maximum atomic E-state index is 5.92. The first-order chi connectivity index (χ1) is 9.17. The van der Waals surface area contributed by atoms with Gasteiger partial charge in [0, 0.05) is 36.7 Å². The van der Waals surface area contributed by atoms with Gasteiger partial charge in [-0.05, 0) is 37.0 Å². The maximum absolute atomic E-state index is 5.92. The average molecular weight is 281 g/mol. The lowest BCUT2D eigenvalue weighted by atomic mass is 9.90. The van der Waals surface area contributed by atoms with Crippen molar-refractivity contribution in [1.82, 2.24) is 10.2 Å². The van der Waals surface area contributed by atoms with Gasteiger partial charge in [0.05, 0.1) is 0 Å². The quantitative estimate of drug-likeness (QED) is 0.890. The van der Waals surface area contributed by atoms with Crippen molar-refractivity contribution < 1.29 is 0 Å². The summed E-state index contributed by atoms with van der Waals surface area (Å²) in [5, 5.41) is 4.53. The molecule has 1 aliphatic heterocycles. The number of nitrogens with zero attached hydrogens (tertiary/aromatic N) is 1. The van der Waals surface area contributed by atoms with Crippen LogP contribution in [0.15, 0.2) is 24.3 Å². The van der Waals surface area contributed by atoms with Crippen LogP contribution in [0.3, 0.4) is 0 Å². The third-order valence-corrected chi connectivity index (χ3v) is 4.69. The van der Waals surface area contributed by atoms with Crippen LogP contribution < -0.4 is 5.32 Å². The Kier molecular flexibility index (Phi) is 5.26. The van der Waals surface area contributed by atoms with E-state index >= 15 is 0 Å². The molecule has 0 saturated carbocycles. The van der Waals surface area contributed by atoms with Gasteiger partial charge in [-0.2, -0.15) is 0 Å². The molecule has 0 spiro atoms. The van der Waals surface area contributed by atoms with Gasteiger partial charge in [0.1, 0.15) is 0 Å². The molecule has 0 aliphatic carbocycles. The number of benzene rings is 1. The zero-order valence-corrected chi connectivity index (χ0v) is 12.8. The molecule has 0 bridgehead atoms. The Hall–Kier alpha value is -0.570. The number of piperazine rings is 1. The van der Waals surface area contributed by atoms with Crippen LogP contribution >= 0.6 is 11.6 Å². The second-order valence-corrected chi connectivity index (χ2v) is 6.00. The minimum atomic E-state index is 0.332. The number of nitrogens with one attached hydrogen (secondary N) is 1. The summed E-state index contributed by atoms with van der Waals surface area (Å²) in [5.41, 5.74) is 1.71. The first-order valence-corrected chi connectivity index (χ1v) is 7.77. The molecule has 0 aromatic heterocycles. The lowest BCUT2D eigenvalue weighted by Gasteiger charge is -2.43. The van der Waals surface area contributed by atoms with E-state index in [2.05, 4.69) is 36.2 Å². The van der Waals surface area contributed by atoms with Gasteiger partial charge in [-0.3, -0.25) is 4.90 Å². The fraction of sp³-hybridized carbons (Fsp3) is 0.625. The Morgan fingerprint density at radius 1 is 1.21 bits per heavy atom. The van der Waals surface area contributed by atoms with E-state index in [1.807, 2.05) is 12.1 Å². The molecule has 3 heteroatoms. The van der Waals surface area contributed by atoms with E-state index in [1.165, 1.54) is 24.9 Å². The summed E-state index contributed by atoms with van der Waals surface area (Å²) >= 11 is 5.92. The summed E-state index contributed by atoms with van der Waals surface area (Å²) in [6, 6.07) is 8.24. The molecule has 1 saturated heterocycles. The molecule has 1 aliphatic rings. The Bertz CT molecular complexity index is 384.